The molecule has 7 nitrogen and oxygen atoms in total. The normalized spacial score (nSPS) is 14.5. The Bertz CT molecular complexity index is 1310. The second kappa shape index (κ2) is 9.31. The monoisotopic (exact) mass is 452 g/mol. The number of carbonyl (C=O) groups is 1. The molecule has 1 amide bonds. The third-order valence-electron chi connectivity index (χ3n) is 5.89. The molecule has 1 unspecified atom stereocenters. The SMILES string of the molecule is COc1nnc2c(n1)CC(c1ccc(OCc3ccccc3)cc1)N(C(C)=O)c1ccccc1-2. The van der Waals surface area contributed by atoms with Gasteiger partial charge in [0.2, 0.25) is 5.91 Å². The quantitative estimate of drug-likeness (QED) is 0.434. The van der Waals surface area contributed by atoms with Gasteiger partial charge in [-0.3, -0.25) is 4.79 Å². The van der Waals surface area contributed by atoms with E-state index in [9.17, 15) is 4.79 Å². The number of ether oxygens (including phenoxy) is 2. The van der Waals surface area contributed by atoms with E-state index in [1.54, 1.807) is 6.92 Å². The predicted molar refractivity (Wildman–Crippen MR) is 129 cm³/mol. The van der Waals surface area contributed by atoms with Gasteiger partial charge in [0.25, 0.3) is 0 Å². The first-order valence-corrected chi connectivity index (χ1v) is 11.1. The van der Waals surface area contributed by atoms with Gasteiger partial charge in [-0.05, 0) is 29.3 Å². The van der Waals surface area contributed by atoms with E-state index in [-0.39, 0.29) is 18.0 Å². The molecule has 0 fully saturated rings. The first kappa shape index (κ1) is 21.6. The number of aromatic nitrogens is 3. The smallest absolute Gasteiger partial charge is 0.335 e. The maximum absolute atomic E-state index is 12.9. The highest BCUT2D eigenvalue weighted by atomic mass is 16.5. The van der Waals surface area contributed by atoms with Gasteiger partial charge in [-0.15, -0.1) is 5.10 Å². The summed E-state index contributed by atoms with van der Waals surface area (Å²) in [5, 5.41) is 8.46. The molecule has 0 aliphatic carbocycles. The molecule has 0 N–H and O–H groups in total. The van der Waals surface area contributed by atoms with Crippen molar-refractivity contribution in [2.24, 2.45) is 0 Å². The zero-order valence-electron chi connectivity index (χ0n) is 19.0. The maximum Gasteiger partial charge on any atom is 0.335 e. The van der Waals surface area contributed by atoms with Crippen LogP contribution >= 0.6 is 0 Å². The number of rotatable bonds is 5. The summed E-state index contributed by atoms with van der Waals surface area (Å²) in [5.41, 5.74) is 5.07. The Balaban J connectivity index is 1.51. The third-order valence-corrected chi connectivity index (χ3v) is 5.89. The van der Waals surface area contributed by atoms with Crippen molar-refractivity contribution in [1.82, 2.24) is 15.2 Å². The number of carbonyl (C=O) groups excluding carboxylic acids is 1. The van der Waals surface area contributed by atoms with Crippen LogP contribution in [0.15, 0.2) is 78.9 Å². The summed E-state index contributed by atoms with van der Waals surface area (Å²) >= 11 is 0. The van der Waals surface area contributed by atoms with Crippen LogP contribution in [0.4, 0.5) is 5.69 Å². The van der Waals surface area contributed by atoms with Crippen molar-refractivity contribution >= 4 is 11.6 Å². The molecule has 0 radical (unpaired) electrons. The summed E-state index contributed by atoms with van der Waals surface area (Å²) in [6.45, 7) is 2.07. The van der Waals surface area contributed by atoms with Crippen LogP contribution in [0, 0.1) is 0 Å². The van der Waals surface area contributed by atoms with E-state index in [1.807, 2.05) is 83.8 Å². The molecule has 0 saturated carbocycles. The number of benzene rings is 3. The Hall–Kier alpha value is -4.26. The van der Waals surface area contributed by atoms with Gasteiger partial charge in [0.15, 0.2) is 0 Å². The average Bonchev–Trinajstić information content (AvgIpc) is 3.02. The van der Waals surface area contributed by atoms with E-state index in [0.29, 0.717) is 18.7 Å². The summed E-state index contributed by atoms with van der Waals surface area (Å²) in [7, 11) is 1.52. The molecular formula is C27H24N4O3. The lowest BCUT2D eigenvalue weighted by atomic mass is 10.00. The number of nitrogens with zero attached hydrogens (tertiary/aromatic N) is 4. The van der Waals surface area contributed by atoms with Gasteiger partial charge in [0.05, 0.1) is 24.5 Å². The average molecular weight is 453 g/mol. The molecule has 1 aliphatic rings. The fourth-order valence-corrected chi connectivity index (χ4v) is 4.29. The molecule has 34 heavy (non-hydrogen) atoms. The van der Waals surface area contributed by atoms with Gasteiger partial charge in [-0.2, -0.15) is 4.98 Å². The summed E-state index contributed by atoms with van der Waals surface area (Å²) in [6, 6.07) is 25.6. The van der Waals surface area contributed by atoms with E-state index in [0.717, 1.165) is 33.8 Å². The number of para-hydroxylation sites is 1. The first-order chi connectivity index (χ1) is 16.6. The predicted octanol–water partition coefficient (Wildman–Crippen LogP) is 4.78. The Morgan fingerprint density at radius 2 is 1.71 bits per heavy atom. The summed E-state index contributed by atoms with van der Waals surface area (Å²) in [4.78, 5) is 19.3. The Kier molecular flexibility index (Phi) is 5.91. The van der Waals surface area contributed by atoms with Crippen LogP contribution < -0.4 is 14.4 Å². The van der Waals surface area contributed by atoms with Gasteiger partial charge in [-0.25, -0.2) is 0 Å². The number of hydrogen-bond acceptors (Lipinski definition) is 6. The second-order valence-corrected chi connectivity index (χ2v) is 8.06. The molecule has 4 aromatic rings. The number of fused-ring (bicyclic) bond motifs is 3. The summed E-state index contributed by atoms with van der Waals surface area (Å²) in [5.74, 6) is 0.705. The minimum absolute atomic E-state index is 0.0606. The minimum atomic E-state index is -0.274. The zero-order valence-corrected chi connectivity index (χ0v) is 19.0. The number of hydrogen-bond donors (Lipinski definition) is 0. The number of methoxy groups -OCH3 is 1. The van der Waals surface area contributed by atoms with E-state index < -0.39 is 0 Å². The molecule has 0 saturated heterocycles. The molecule has 0 spiro atoms. The van der Waals surface area contributed by atoms with Crippen molar-refractivity contribution in [3.63, 3.8) is 0 Å². The van der Waals surface area contributed by atoms with E-state index in [1.165, 1.54) is 7.11 Å². The molecule has 1 atom stereocenters. The van der Waals surface area contributed by atoms with Crippen LogP contribution in [0.25, 0.3) is 11.3 Å². The standard InChI is InChI=1S/C27H24N4O3/c1-18(32)31-24-11-7-6-10-22(24)26-23(28-27(33-2)30-29-26)16-25(31)20-12-14-21(15-13-20)34-17-19-8-4-3-5-9-19/h3-15,25H,16-17H2,1-2H3. The molecular weight excluding hydrogens is 428 g/mol. The van der Waals surface area contributed by atoms with Crippen molar-refractivity contribution in [1.29, 1.82) is 0 Å². The highest BCUT2D eigenvalue weighted by molar-refractivity contribution is 5.97. The van der Waals surface area contributed by atoms with Crippen molar-refractivity contribution in [3.8, 4) is 23.0 Å². The highest BCUT2D eigenvalue weighted by Gasteiger charge is 2.33. The van der Waals surface area contributed by atoms with Crippen LogP contribution in [-0.4, -0.2) is 28.2 Å². The van der Waals surface area contributed by atoms with Crippen LogP contribution in [0.3, 0.4) is 0 Å². The van der Waals surface area contributed by atoms with Gasteiger partial charge in [-0.1, -0.05) is 65.8 Å². The van der Waals surface area contributed by atoms with Gasteiger partial charge >= 0.3 is 6.01 Å². The summed E-state index contributed by atoms with van der Waals surface area (Å²) in [6.07, 6.45) is 0.472. The first-order valence-electron chi connectivity index (χ1n) is 11.1. The highest BCUT2D eigenvalue weighted by Crippen LogP contribution is 2.41. The Morgan fingerprint density at radius 1 is 0.971 bits per heavy atom. The van der Waals surface area contributed by atoms with Gasteiger partial charge < -0.3 is 14.4 Å². The maximum atomic E-state index is 12.9. The molecule has 170 valence electrons. The Morgan fingerprint density at radius 3 is 2.44 bits per heavy atom. The van der Waals surface area contributed by atoms with Crippen LogP contribution in [0.2, 0.25) is 0 Å². The van der Waals surface area contributed by atoms with Crippen molar-refractivity contribution in [2.75, 3.05) is 12.0 Å². The van der Waals surface area contributed by atoms with Crippen molar-refractivity contribution in [3.05, 3.63) is 95.7 Å². The fourth-order valence-electron chi connectivity index (χ4n) is 4.29. The van der Waals surface area contributed by atoms with Crippen LogP contribution in [0.1, 0.15) is 29.8 Å². The minimum Gasteiger partial charge on any atom is -0.489 e. The molecule has 1 aliphatic heterocycles. The molecule has 5 rings (SSSR count). The van der Waals surface area contributed by atoms with E-state index >= 15 is 0 Å². The fraction of sp³-hybridized carbons (Fsp3) is 0.185. The van der Waals surface area contributed by atoms with Crippen molar-refractivity contribution in [2.45, 2.75) is 26.0 Å². The molecule has 0 bridgehead atoms. The Labute approximate surface area is 198 Å². The van der Waals surface area contributed by atoms with Crippen molar-refractivity contribution < 1.29 is 14.3 Å². The lowest BCUT2D eigenvalue weighted by molar-refractivity contribution is -0.117. The van der Waals surface area contributed by atoms with Gasteiger partial charge in [0.1, 0.15) is 18.1 Å². The molecule has 7 heteroatoms. The zero-order chi connectivity index (χ0) is 23.5. The lowest BCUT2D eigenvalue weighted by Gasteiger charge is -2.30. The lowest BCUT2D eigenvalue weighted by Crippen LogP contribution is -2.34. The van der Waals surface area contributed by atoms with E-state index in [2.05, 4.69) is 15.2 Å². The third kappa shape index (κ3) is 4.20. The molecule has 1 aromatic heterocycles. The van der Waals surface area contributed by atoms with Crippen LogP contribution in [0.5, 0.6) is 11.8 Å². The topological polar surface area (TPSA) is 77.4 Å². The second-order valence-electron chi connectivity index (χ2n) is 8.06. The number of amides is 1. The van der Waals surface area contributed by atoms with E-state index in [4.69, 9.17) is 9.47 Å². The largest absolute Gasteiger partial charge is 0.489 e. The summed E-state index contributed by atoms with van der Waals surface area (Å²) < 4.78 is 11.2. The molecule has 2 heterocycles. The number of anilines is 1. The van der Waals surface area contributed by atoms with Crippen LogP contribution in [-0.2, 0) is 17.8 Å². The van der Waals surface area contributed by atoms with Gasteiger partial charge in [0, 0.05) is 18.9 Å². The molecule has 3 aromatic carbocycles.